The van der Waals surface area contributed by atoms with Crippen molar-refractivity contribution in [3.05, 3.63) is 39.4 Å². The lowest BCUT2D eigenvalue weighted by atomic mass is 9.73. The van der Waals surface area contributed by atoms with Crippen LogP contribution in [0.5, 0.6) is 0 Å². The van der Waals surface area contributed by atoms with Crippen molar-refractivity contribution in [2.45, 2.75) is 38.0 Å². The first-order valence-electron chi connectivity index (χ1n) is 13.4. The van der Waals surface area contributed by atoms with Crippen molar-refractivity contribution in [2.75, 3.05) is 79.5 Å². The summed E-state index contributed by atoms with van der Waals surface area (Å²) in [7, 11) is 3.67. The van der Waals surface area contributed by atoms with Crippen molar-refractivity contribution < 1.29 is 14.0 Å². The number of aromatic amines is 1. The van der Waals surface area contributed by atoms with Gasteiger partial charge in [0.05, 0.1) is 16.7 Å². The summed E-state index contributed by atoms with van der Waals surface area (Å²) >= 11 is 0. The van der Waals surface area contributed by atoms with Crippen LogP contribution in [-0.2, 0) is 21.4 Å². The molecule has 1 N–H and O–H groups in total. The Bertz CT molecular complexity index is 1360. The Kier molecular flexibility index (Phi) is 5.84. The summed E-state index contributed by atoms with van der Waals surface area (Å²) in [5, 5.41) is 0. The SMILES string of the molecule is CC(=O)N1CCN(c2cc(F)c3c(c2)N(C)C(=O)C32CCN(c3nc4c(c(=O)[nH]3)CCCN4C)CC2)CC1. The van der Waals surface area contributed by atoms with Gasteiger partial charge in [-0.15, -0.1) is 0 Å². The predicted molar refractivity (Wildman–Crippen MR) is 144 cm³/mol. The molecule has 0 unspecified atom stereocenters. The van der Waals surface area contributed by atoms with E-state index in [1.165, 1.54) is 0 Å². The van der Waals surface area contributed by atoms with E-state index >= 15 is 4.39 Å². The third-order valence-electron chi connectivity index (χ3n) is 8.88. The van der Waals surface area contributed by atoms with E-state index in [4.69, 9.17) is 4.98 Å². The smallest absolute Gasteiger partial charge is 0.257 e. The number of anilines is 4. The number of aromatic nitrogens is 2. The summed E-state index contributed by atoms with van der Waals surface area (Å²) in [6.45, 7) is 5.82. The number of halogens is 1. The molecule has 202 valence electrons. The summed E-state index contributed by atoms with van der Waals surface area (Å²) in [6, 6.07) is 3.46. The minimum absolute atomic E-state index is 0.0464. The van der Waals surface area contributed by atoms with E-state index in [1.54, 1.807) is 29.8 Å². The molecule has 2 aromatic rings. The van der Waals surface area contributed by atoms with Crippen LogP contribution >= 0.6 is 0 Å². The molecule has 4 aliphatic rings. The van der Waals surface area contributed by atoms with E-state index in [0.717, 1.165) is 36.5 Å². The minimum atomic E-state index is -0.929. The second-order valence-corrected chi connectivity index (χ2v) is 11.0. The maximum absolute atomic E-state index is 15.8. The highest BCUT2D eigenvalue weighted by Crippen LogP contribution is 2.50. The van der Waals surface area contributed by atoms with Crippen LogP contribution in [0.3, 0.4) is 0 Å². The zero-order valence-corrected chi connectivity index (χ0v) is 22.2. The van der Waals surface area contributed by atoms with E-state index in [0.29, 0.717) is 69.3 Å². The van der Waals surface area contributed by atoms with Crippen LogP contribution in [0, 0.1) is 5.82 Å². The molecule has 0 radical (unpaired) electrons. The molecule has 11 heteroatoms. The van der Waals surface area contributed by atoms with Gasteiger partial charge in [0.2, 0.25) is 17.8 Å². The van der Waals surface area contributed by atoms with Gasteiger partial charge in [0.25, 0.3) is 5.56 Å². The minimum Gasteiger partial charge on any atom is -0.368 e. The molecule has 0 atom stereocenters. The maximum Gasteiger partial charge on any atom is 0.257 e. The van der Waals surface area contributed by atoms with Gasteiger partial charge in [-0.1, -0.05) is 0 Å². The predicted octanol–water partition coefficient (Wildman–Crippen LogP) is 1.47. The third-order valence-corrected chi connectivity index (χ3v) is 8.88. The van der Waals surface area contributed by atoms with Crippen molar-refractivity contribution >= 4 is 35.0 Å². The molecule has 38 heavy (non-hydrogen) atoms. The van der Waals surface area contributed by atoms with Crippen LogP contribution < -0.4 is 25.2 Å². The largest absolute Gasteiger partial charge is 0.368 e. The first-order chi connectivity index (χ1) is 18.2. The van der Waals surface area contributed by atoms with Gasteiger partial charge in [-0.05, 0) is 37.8 Å². The monoisotopic (exact) mass is 523 g/mol. The second-order valence-electron chi connectivity index (χ2n) is 11.0. The van der Waals surface area contributed by atoms with Gasteiger partial charge in [0.1, 0.15) is 11.6 Å². The molecule has 4 aliphatic heterocycles. The van der Waals surface area contributed by atoms with E-state index in [-0.39, 0.29) is 23.2 Å². The first kappa shape index (κ1) is 24.7. The Morgan fingerprint density at radius 1 is 1.00 bits per heavy atom. The quantitative estimate of drug-likeness (QED) is 0.637. The molecule has 0 saturated carbocycles. The Morgan fingerprint density at radius 2 is 1.71 bits per heavy atom. The Labute approximate surface area is 221 Å². The molecule has 1 spiro atoms. The second kappa shape index (κ2) is 8.99. The lowest BCUT2D eigenvalue weighted by molar-refractivity contribution is -0.129. The molecule has 2 amide bonds. The van der Waals surface area contributed by atoms with E-state index in [1.807, 2.05) is 22.9 Å². The average Bonchev–Trinajstić information content (AvgIpc) is 3.11. The van der Waals surface area contributed by atoms with Crippen molar-refractivity contribution in [1.29, 1.82) is 0 Å². The van der Waals surface area contributed by atoms with E-state index < -0.39 is 5.41 Å². The number of piperazine rings is 1. The number of fused-ring (bicyclic) bond motifs is 3. The Morgan fingerprint density at radius 3 is 2.39 bits per heavy atom. The first-order valence-corrected chi connectivity index (χ1v) is 13.4. The van der Waals surface area contributed by atoms with Crippen LogP contribution in [0.2, 0.25) is 0 Å². The van der Waals surface area contributed by atoms with Gasteiger partial charge >= 0.3 is 0 Å². The molecule has 0 aliphatic carbocycles. The molecular formula is C27H34FN7O3. The number of hydrogen-bond donors (Lipinski definition) is 1. The van der Waals surface area contributed by atoms with Crippen LogP contribution in [0.4, 0.5) is 27.5 Å². The number of rotatable bonds is 2. The fraction of sp³-hybridized carbons (Fsp3) is 0.556. The maximum atomic E-state index is 15.8. The Hall–Kier alpha value is -3.63. The van der Waals surface area contributed by atoms with E-state index in [9.17, 15) is 14.4 Å². The Balaban J connectivity index is 1.26. The van der Waals surface area contributed by atoms with Crippen LogP contribution in [0.1, 0.15) is 37.3 Å². The molecule has 5 heterocycles. The molecule has 1 aromatic heterocycles. The number of carbonyl (C=O) groups excluding carboxylic acids is 2. The zero-order valence-electron chi connectivity index (χ0n) is 22.2. The lowest BCUT2D eigenvalue weighted by Gasteiger charge is -2.39. The molecule has 10 nitrogen and oxygen atoms in total. The number of amides is 2. The molecule has 2 saturated heterocycles. The van der Waals surface area contributed by atoms with Crippen LogP contribution in [0.15, 0.2) is 16.9 Å². The van der Waals surface area contributed by atoms with Gasteiger partial charge in [-0.2, -0.15) is 4.98 Å². The number of nitrogens with one attached hydrogen (secondary N) is 1. The van der Waals surface area contributed by atoms with E-state index in [2.05, 4.69) is 9.88 Å². The number of carbonyl (C=O) groups is 2. The highest BCUT2D eigenvalue weighted by molar-refractivity contribution is 6.08. The fourth-order valence-electron chi connectivity index (χ4n) is 6.64. The summed E-state index contributed by atoms with van der Waals surface area (Å²) in [4.78, 5) is 55.3. The van der Waals surface area contributed by atoms with Crippen molar-refractivity contribution in [1.82, 2.24) is 14.9 Å². The summed E-state index contributed by atoms with van der Waals surface area (Å²) < 4.78 is 15.8. The lowest BCUT2D eigenvalue weighted by Crippen LogP contribution is -2.49. The number of nitrogens with zero attached hydrogens (tertiary/aromatic N) is 6. The van der Waals surface area contributed by atoms with Crippen LogP contribution in [0.25, 0.3) is 0 Å². The molecule has 6 rings (SSSR count). The molecule has 2 fully saturated rings. The summed E-state index contributed by atoms with van der Waals surface area (Å²) in [5.74, 6) is 0.831. The van der Waals surface area contributed by atoms with Crippen molar-refractivity contribution in [2.24, 2.45) is 0 Å². The van der Waals surface area contributed by atoms with Gasteiger partial charge in [-0.3, -0.25) is 19.4 Å². The summed E-state index contributed by atoms with van der Waals surface area (Å²) in [6.07, 6.45) is 2.52. The molecular weight excluding hydrogens is 489 g/mol. The van der Waals surface area contributed by atoms with Gasteiger partial charge in [0.15, 0.2) is 0 Å². The van der Waals surface area contributed by atoms with Gasteiger partial charge < -0.3 is 24.5 Å². The topological polar surface area (TPSA) is 96.1 Å². The molecule has 0 bridgehead atoms. The molecule has 1 aromatic carbocycles. The number of benzene rings is 1. The van der Waals surface area contributed by atoms with Gasteiger partial charge in [-0.25, -0.2) is 4.39 Å². The number of piperidine rings is 1. The zero-order chi connectivity index (χ0) is 26.8. The normalized spacial score (nSPS) is 20.7. The standard InChI is InChI=1S/C27H34FN7O3/c1-17(36)33-11-13-34(14-12-33)18-15-20(28)22-21(16-18)32(3)25(38)27(22)6-9-35(10-7-27)26-29-23-19(24(37)30-26)5-4-8-31(23)2/h15-16H,4-14H2,1-3H3,(H,29,30,37). The highest BCUT2D eigenvalue weighted by atomic mass is 19.1. The van der Waals surface area contributed by atoms with Crippen molar-refractivity contribution in [3.63, 3.8) is 0 Å². The van der Waals surface area contributed by atoms with Gasteiger partial charge in [0, 0.05) is 78.1 Å². The summed E-state index contributed by atoms with van der Waals surface area (Å²) in [5.41, 5.74) is 1.51. The van der Waals surface area contributed by atoms with Crippen molar-refractivity contribution in [3.8, 4) is 0 Å². The van der Waals surface area contributed by atoms with Crippen LogP contribution in [-0.4, -0.2) is 86.6 Å². The highest BCUT2D eigenvalue weighted by Gasteiger charge is 2.53. The fourth-order valence-corrected chi connectivity index (χ4v) is 6.64. The average molecular weight is 524 g/mol. The number of likely N-dealkylation sites (N-methyl/N-ethyl adjacent to an activating group) is 1. The number of hydrogen-bond acceptors (Lipinski definition) is 7. The number of H-pyrrole nitrogens is 1. The third kappa shape index (κ3) is 3.73.